The van der Waals surface area contributed by atoms with Crippen LogP contribution in [0.5, 0.6) is 0 Å². The fourth-order valence-corrected chi connectivity index (χ4v) is 6.98. The summed E-state index contributed by atoms with van der Waals surface area (Å²) in [5.74, 6) is 1.75. The van der Waals surface area contributed by atoms with Crippen LogP contribution >= 0.6 is 46.0 Å². The third kappa shape index (κ3) is 4.69. The number of nitrogens with one attached hydrogen (secondary N) is 1. The molecule has 36 heavy (non-hydrogen) atoms. The van der Waals surface area contributed by atoms with E-state index in [2.05, 4.69) is 42.4 Å². The maximum atomic E-state index is 6.75. The fraction of sp³-hybridized carbons (Fsp3) is 0.360. The van der Waals surface area contributed by atoms with E-state index < -0.39 is 0 Å². The smallest absolute Gasteiger partial charge is 0.147 e. The summed E-state index contributed by atoms with van der Waals surface area (Å²) in [6.07, 6.45) is 9.96. The van der Waals surface area contributed by atoms with Gasteiger partial charge in [-0.25, -0.2) is 15.0 Å². The van der Waals surface area contributed by atoms with E-state index in [4.69, 9.17) is 32.0 Å². The van der Waals surface area contributed by atoms with Crippen LogP contribution in [0.4, 0.5) is 5.82 Å². The molecule has 6 rings (SSSR count). The van der Waals surface area contributed by atoms with Crippen molar-refractivity contribution in [3.8, 4) is 0 Å². The minimum absolute atomic E-state index is 0.0884. The van der Waals surface area contributed by atoms with Gasteiger partial charge >= 0.3 is 0 Å². The predicted molar refractivity (Wildman–Crippen MR) is 150 cm³/mol. The summed E-state index contributed by atoms with van der Waals surface area (Å²) in [6.45, 7) is 2.57. The fourth-order valence-electron chi connectivity index (χ4n) is 4.95. The number of hydrogen-bond donors (Lipinski definition) is 2. The second-order valence-electron chi connectivity index (χ2n) is 9.35. The highest BCUT2D eigenvalue weighted by Crippen LogP contribution is 2.43. The van der Waals surface area contributed by atoms with Crippen LogP contribution in [-0.4, -0.2) is 54.8 Å². The van der Waals surface area contributed by atoms with E-state index in [1.165, 1.54) is 11.8 Å². The Bertz CT molecular complexity index is 1360. The van der Waals surface area contributed by atoms with Gasteiger partial charge in [0.25, 0.3) is 0 Å². The molecule has 11 heteroatoms. The topological polar surface area (TPSA) is 106 Å². The third-order valence-electron chi connectivity index (χ3n) is 7.13. The average Bonchev–Trinajstić information content (AvgIpc) is 3.44. The maximum absolute atomic E-state index is 6.75. The lowest BCUT2D eigenvalue weighted by Crippen LogP contribution is -2.50. The van der Waals surface area contributed by atoms with Crippen molar-refractivity contribution in [1.29, 1.82) is 0 Å². The van der Waals surface area contributed by atoms with Gasteiger partial charge in [-0.05, 0) is 59.2 Å². The molecule has 4 aromatic rings. The Labute approximate surface area is 231 Å². The Hall–Kier alpha value is -1.99. The lowest BCUT2D eigenvalue weighted by atomic mass is 9.75. The predicted octanol–water partition coefficient (Wildman–Crippen LogP) is 4.85. The Morgan fingerprint density at radius 3 is 2.75 bits per heavy atom. The van der Waals surface area contributed by atoms with E-state index in [1.807, 2.05) is 42.9 Å². The molecule has 0 bridgehead atoms. The molecule has 5 heterocycles. The van der Waals surface area contributed by atoms with E-state index in [-0.39, 0.29) is 15.6 Å². The van der Waals surface area contributed by atoms with Crippen molar-refractivity contribution in [2.75, 3.05) is 24.6 Å². The molecule has 1 spiro atoms. The number of pyridine rings is 1. The van der Waals surface area contributed by atoms with Crippen LogP contribution in [0, 0.1) is 5.41 Å². The second kappa shape index (κ2) is 10.1. The second-order valence-corrected chi connectivity index (χ2v) is 12.0. The van der Waals surface area contributed by atoms with E-state index in [1.54, 1.807) is 6.20 Å². The van der Waals surface area contributed by atoms with Crippen LogP contribution in [0.2, 0.25) is 5.02 Å². The van der Waals surface area contributed by atoms with Crippen LogP contribution in [0.25, 0.3) is 11.0 Å². The molecule has 0 saturated carbocycles. The minimum Gasteiger partial charge on any atom is -0.366 e. The van der Waals surface area contributed by atoms with Gasteiger partial charge in [0, 0.05) is 48.3 Å². The first-order valence-corrected chi connectivity index (χ1v) is 14.3. The van der Waals surface area contributed by atoms with Crippen LogP contribution in [0.3, 0.4) is 0 Å². The molecule has 0 aliphatic carbocycles. The molecule has 2 aliphatic rings. The van der Waals surface area contributed by atoms with Crippen molar-refractivity contribution >= 4 is 62.8 Å². The summed E-state index contributed by atoms with van der Waals surface area (Å²) in [6, 6.07) is 8.05. The summed E-state index contributed by atoms with van der Waals surface area (Å²) in [7, 11) is 0. The standard InChI is InChI=1S/C25H25ClIN7OS/c26-21-17(4-3-16-22(21)33-18(32-16)10-15-2-1-7-29-11-15)36-20-13-30-19(12-31-20)34-8-5-25(6-9-34)14-35-24(27)23(25)28/h1-4,7,11-13,23-24H,5-6,8-10,14,28H2,(H,32,33)/t23-,24-/m1/s1. The van der Waals surface area contributed by atoms with Gasteiger partial charge in [0.05, 0.1) is 29.5 Å². The van der Waals surface area contributed by atoms with Crippen LogP contribution in [0.1, 0.15) is 24.2 Å². The van der Waals surface area contributed by atoms with Crippen LogP contribution in [-0.2, 0) is 11.2 Å². The molecule has 2 saturated heterocycles. The van der Waals surface area contributed by atoms with Gasteiger partial charge in [-0.3, -0.25) is 4.98 Å². The number of benzene rings is 1. The highest BCUT2D eigenvalue weighted by atomic mass is 127. The molecule has 2 aliphatic heterocycles. The molecule has 0 amide bonds. The summed E-state index contributed by atoms with van der Waals surface area (Å²) < 4.78 is 5.93. The summed E-state index contributed by atoms with van der Waals surface area (Å²) in [4.78, 5) is 24.8. The maximum Gasteiger partial charge on any atom is 0.147 e. The van der Waals surface area contributed by atoms with E-state index in [0.29, 0.717) is 11.4 Å². The summed E-state index contributed by atoms with van der Waals surface area (Å²) in [5, 5.41) is 1.40. The van der Waals surface area contributed by atoms with Crippen molar-refractivity contribution < 1.29 is 4.74 Å². The Morgan fingerprint density at radius 1 is 1.19 bits per heavy atom. The van der Waals surface area contributed by atoms with Crippen molar-refractivity contribution in [3.63, 3.8) is 0 Å². The Kier molecular flexibility index (Phi) is 6.80. The highest BCUT2D eigenvalue weighted by molar-refractivity contribution is 14.1. The number of anilines is 1. The third-order valence-corrected chi connectivity index (χ3v) is 9.74. The number of alkyl halides is 1. The van der Waals surface area contributed by atoms with Gasteiger partial charge in [0.15, 0.2) is 0 Å². The van der Waals surface area contributed by atoms with Crippen molar-refractivity contribution in [1.82, 2.24) is 24.9 Å². The van der Waals surface area contributed by atoms with Crippen molar-refractivity contribution in [2.45, 2.75) is 39.3 Å². The number of fused-ring (bicyclic) bond motifs is 1. The monoisotopic (exact) mass is 633 g/mol. The first-order chi connectivity index (χ1) is 17.5. The van der Waals surface area contributed by atoms with Crippen molar-refractivity contribution in [2.24, 2.45) is 11.1 Å². The van der Waals surface area contributed by atoms with Gasteiger partial charge in [0.2, 0.25) is 0 Å². The lowest BCUT2D eigenvalue weighted by Gasteiger charge is -2.41. The Balaban J connectivity index is 1.13. The number of aromatic amines is 1. The molecular formula is C25H25ClIN7OS. The first-order valence-electron chi connectivity index (χ1n) is 11.8. The normalized spacial score (nSPS) is 21.5. The number of aromatic nitrogens is 5. The first kappa shape index (κ1) is 24.4. The zero-order valence-electron chi connectivity index (χ0n) is 19.4. The molecular weight excluding hydrogens is 609 g/mol. The number of H-pyrrole nitrogens is 1. The molecule has 1 aromatic carbocycles. The largest absolute Gasteiger partial charge is 0.366 e. The van der Waals surface area contributed by atoms with Crippen molar-refractivity contribution in [3.05, 3.63) is 65.5 Å². The zero-order chi connectivity index (χ0) is 24.7. The average molecular weight is 634 g/mol. The number of nitrogens with two attached hydrogens (primary N) is 1. The minimum atomic E-state index is 0.0884. The number of hydrogen-bond acceptors (Lipinski definition) is 8. The Morgan fingerprint density at radius 2 is 2.06 bits per heavy atom. The number of ether oxygens (including phenoxy) is 1. The molecule has 0 unspecified atom stereocenters. The SMILES string of the molecule is N[C@@H]1[C@H](I)OCC12CCN(c1cnc(Sc3ccc4[nH]c(Cc5cccnc5)nc4c3Cl)cn1)CC2. The van der Waals surface area contributed by atoms with Crippen LogP contribution in [0.15, 0.2) is 59.0 Å². The van der Waals surface area contributed by atoms with Gasteiger partial charge < -0.3 is 20.4 Å². The van der Waals surface area contributed by atoms with E-state index in [9.17, 15) is 0 Å². The number of rotatable bonds is 5. The number of halogens is 2. The van der Waals surface area contributed by atoms with Gasteiger partial charge in [0.1, 0.15) is 26.3 Å². The molecule has 2 atom stereocenters. The number of piperidine rings is 1. The van der Waals surface area contributed by atoms with E-state index in [0.717, 1.165) is 70.7 Å². The van der Waals surface area contributed by atoms with Crippen LogP contribution < -0.4 is 10.6 Å². The molecule has 186 valence electrons. The number of imidazole rings is 1. The van der Waals surface area contributed by atoms with Gasteiger partial charge in [-0.1, -0.05) is 29.4 Å². The van der Waals surface area contributed by atoms with E-state index >= 15 is 0 Å². The molecule has 3 aromatic heterocycles. The molecule has 3 N–H and O–H groups in total. The van der Waals surface area contributed by atoms with Gasteiger partial charge in [-0.15, -0.1) is 0 Å². The summed E-state index contributed by atoms with van der Waals surface area (Å²) in [5.41, 5.74) is 9.30. The molecule has 8 nitrogen and oxygen atoms in total. The molecule has 0 radical (unpaired) electrons. The molecule has 2 fully saturated rings. The number of nitrogens with zero attached hydrogens (tertiary/aromatic N) is 5. The quantitative estimate of drug-likeness (QED) is 0.238. The van der Waals surface area contributed by atoms with Gasteiger partial charge in [-0.2, -0.15) is 0 Å². The zero-order valence-corrected chi connectivity index (χ0v) is 23.1. The highest BCUT2D eigenvalue weighted by Gasteiger charge is 2.48. The lowest BCUT2D eigenvalue weighted by molar-refractivity contribution is 0.127. The summed E-state index contributed by atoms with van der Waals surface area (Å²) >= 11 is 10.5.